The second-order valence-electron chi connectivity index (χ2n) is 4.34. The van der Waals surface area contributed by atoms with E-state index in [4.69, 9.17) is 4.74 Å². The Balaban J connectivity index is 2.26. The van der Waals surface area contributed by atoms with Gasteiger partial charge < -0.3 is 4.74 Å². The maximum atomic E-state index is 13.7. The van der Waals surface area contributed by atoms with Gasteiger partial charge in [-0.2, -0.15) is 0 Å². The van der Waals surface area contributed by atoms with E-state index >= 15 is 0 Å². The molecule has 0 spiro atoms. The number of benzene rings is 2. The van der Waals surface area contributed by atoms with Gasteiger partial charge in [0.15, 0.2) is 11.9 Å². The first-order chi connectivity index (χ1) is 10.0. The Morgan fingerprint density at radius 2 is 1.86 bits per heavy atom. The number of nitro groups is 1. The number of carbonyl (C=O) groups excluding carboxylic acids is 1. The Bertz CT molecular complexity index is 673. The number of ether oxygens (including phenoxy) is 1. The molecule has 21 heavy (non-hydrogen) atoms. The van der Waals surface area contributed by atoms with Crippen LogP contribution in [0.15, 0.2) is 48.5 Å². The standard InChI is InChI=1S/C15H12FNO4/c1-10(14(18)11-6-3-2-4-7-11)21-15-12(16)8-5-9-13(15)17(19)20/h2-10H,1H3. The van der Waals surface area contributed by atoms with E-state index in [0.717, 1.165) is 12.1 Å². The number of para-hydroxylation sites is 1. The van der Waals surface area contributed by atoms with Crippen LogP contribution in [0.5, 0.6) is 5.75 Å². The van der Waals surface area contributed by atoms with E-state index in [0.29, 0.717) is 5.56 Å². The molecule has 0 aliphatic heterocycles. The third-order valence-electron chi connectivity index (χ3n) is 2.87. The lowest BCUT2D eigenvalue weighted by molar-refractivity contribution is -0.386. The molecule has 2 aromatic carbocycles. The first kappa shape index (κ1) is 14.6. The fourth-order valence-corrected chi connectivity index (χ4v) is 1.83. The van der Waals surface area contributed by atoms with Gasteiger partial charge >= 0.3 is 5.69 Å². The van der Waals surface area contributed by atoms with Crippen LogP contribution in [0.3, 0.4) is 0 Å². The molecule has 0 aliphatic carbocycles. The Morgan fingerprint density at radius 3 is 2.48 bits per heavy atom. The zero-order chi connectivity index (χ0) is 15.4. The predicted octanol–water partition coefficient (Wildman–Crippen LogP) is 3.38. The van der Waals surface area contributed by atoms with Crippen molar-refractivity contribution >= 4 is 11.5 Å². The van der Waals surface area contributed by atoms with Crippen molar-refractivity contribution in [2.24, 2.45) is 0 Å². The second kappa shape index (κ2) is 6.13. The topological polar surface area (TPSA) is 69.4 Å². The summed E-state index contributed by atoms with van der Waals surface area (Å²) in [5, 5.41) is 10.9. The average molecular weight is 289 g/mol. The van der Waals surface area contributed by atoms with Gasteiger partial charge in [-0.15, -0.1) is 0 Å². The predicted molar refractivity (Wildman–Crippen MR) is 73.9 cm³/mol. The maximum Gasteiger partial charge on any atom is 0.314 e. The van der Waals surface area contributed by atoms with Crippen molar-refractivity contribution in [3.8, 4) is 5.75 Å². The van der Waals surface area contributed by atoms with Gasteiger partial charge in [0.25, 0.3) is 0 Å². The molecular formula is C15H12FNO4. The lowest BCUT2D eigenvalue weighted by Crippen LogP contribution is -2.24. The van der Waals surface area contributed by atoms with Crippen molar-refractivity contribution in [1.29, 1.82) is 0 Å². The zero-order valence-corrected chi connectivity index (χ0v) is 11.2. The summed E-state index contributed by atoms with van der Waals surface area (Å²) in [4.78, 5) is 22.2. The summed E-state index contributed by atoms with van der Waals surface area (Å²) in [5.74, 6) is -1.79. The highest BCUT2D eigenvalue weighted by Crippen LogP contribution is 2.30. The molecule has 2 rings (SSSR count). The Hall–Kier alpha value is -2.76. The molecule has 2 aromatic rings. The van der Waals surface area contributed by atoms with Crippen LogP contribution in [0.1, 0.15) is 17.3 Å². The highest BCUT2D eigenvalue weighted by atomic mass is 19.1. The number of hydrogen-bond acceptors (Lipinski definition) is 4. The molecular weight excluding hydrogens is 277 g/mol. The van der Waals surface area contributed by atoms with Gasteiger partial charge in [-0.3, -0.25) is 14.9 Å². The smallest absolute Gasteiger partial charge is 0.314 e. The van der Waals surface area contributed by atoms with Gasteiger partial charge in [0, 0.05) is 11.6 Å². The van der Waals surface area contributed by atoms with Gasteiger partial charge in [-0.1, -0.05) is 36.4 Å². The number of Topliss-reactive ketones (excluding diaryl/α,β-unsaturated/α-hetero) is 1. The number of rotatable bonds is 5. The molecule has 5 nitrogen and oxygen atoms in total. The molecule has 0 aromatic heterocycles. The molecule has 108 valence electrons. The SMILES string of the molecule is CC(Oc1c(F)cccc1[N+](=O)[O-])C(=O)c1ccccc1. The van der Waals surface area contributed by atoms with E-state index in [1.807, 2.05) is 0 Å². The molecule has 0 fully saturated rings. The highest BCUT2D eigenvalue weighted by Gasteiger charge is 2.24. The third-order valence-corrected chi connectivity index (χ3v) is 2.87. The van der Waals surface area contributed by atoms with Crippen LogP contribution in [0, 0.1) is 15.9 Å². The summed E-state index contributed by atoms with van der Waals surface area (Å²) in [7, 11) is 0. The number of carbonyl (C=O) groups is 1. The molecule has 1 unspecified atom stereocenters. The van der Waals surface area contributed by atoms with E-state index < -0.39 is 28.3 Å². The van der Waals surface area contributed by atoms with Gasteiger partial charge in [-0.25, -0.2) is 4.39 Å². The number of ketones is 1. The first-order valence-corrected chi connectivity index (χ1v) is 6.19. The number of halogens is 1. The largest absolute Gasteiger partial charge is 0.473 e. The molecule has 0 heterocycles. The van der Waals surface area contributed by atoms with Crippen molar-refractivity contribution in [3.05, 3.63) is 70.0 Å². The molecule has 0 amide bonds. The van der Waals surface area contributed by atoms with Crippen LogP contribution in [-0.2, 0) is 0 Å². The minimum Gasteiger partial charge on any atom is -0.473 e. The van der Waals surface area contributed by atoms with Crippen LogP contribution in [0.2, 0.25) is 0 Å². The van der Waals surface area contributed by atoms with Crippen molar-refractivity contribution in [1.82, 2.24) is 0 Å². The number of nitrogens with zero attached hydrogens (tertiary/aromatic N) is 1. The van der Waals surface area contributed by atoms with E-state index in [2.05, 4.69) is 0 Å². The summed E-state index contributed by atoms with van der Waals surface area (Å²) in [5.41, 5.74) is -0.119. The molecule has 0 bridgehead atoms. The number of hydrogen-bond donors (Lipinski definition) is 0. The van der Waals surface area contributed by atoms with E-state index in [1.54, 1.807) is 30.3 Å². The van der Waals surface area contributed by atoms with Crippen molar-refractivity contribution in [2.75, 3.05) is 0 Å². The van der Waals surface area contributed by atoms with Crippen molar-refractivity contribution in [3.63, 3.8) is 0 Å². The Morgan fingerprint density at radius 1 is 1.19 bits per heavy atom. The molecule has 1 atom stereocenters. The zero-order valence-electron chi connectivity index (χ0n) is 11.2. The average Bonchev–Trinajstić information content (AvgIpc) is 2.49. The van der Waals surface area contributed by atoms with Crippen LogP contribution in [0.4, 0.5) is 10.1 Å². The molecule has 0 saturated heterocycles. The van der Waals surface area contributed by atoms with Gasteiger partial charge in [0.1, 0.15) is 0 Å². The Labute approximate surface area is 120 Å². The number of nitro benzene ring substituents is 1. The normalized spacial score (nSPS) is 11.7. The van der Waals surface area contributed by atoms with E-state index in [1.165, 1.54) is 13.0 Å². The fraction of sp³-hybridized carbons (Fsp3) is 0.133. The summed E-state index contributed by atoms with van der Waals surface area (Å²) < 4.78 is 18.9. The maximum absolute atomic E-state index is 13.7. The molecule has 0 radical (unpaired) electrons. The lowest BCUT2D eigenvalue weighted by atomic mass is 10.1. The molecule has 0 aliphatic rings. The summed E-state index contributed by atoms with van der Waals surface area (Å²) in [6, 6.07) is 11.7. The quantitative estimate of drug-likeness (QED) is 0.480. The van der Waals surface area contributed by atoms with Crippen LogP contribution >= 0.6 is 0 Å². The Kier molecular flexibility index (Phi) is 4.27. The summed E-state index contributed by atoms with van der Waals surface area (Å²) >= 11 is 0. The van der Waals surface area contributed by atoms with E-state index in [9.17, 15) is 19.3 Å². The molecule has 0 saturated carbocycles. The first-order valence-electron chi connectivity index (χ1n) is 6.19. The van der Waals surface area contributed by atoms with Crippen LogP contribution in [0.25, 0.3) is 0 Å². The second-order valence-corrected chi connectivity index (χ2v) is 4.34. The molecule has 6 heteroatoms. The van der Waals surface area contributed by atoms with Crippen LogP contribution < -0.4 is 4.74 Å². The van der Waals surface area contributed by atoms with Crippen LogP contribution in [-0.4, -0.2) is 16.8 Å². The minimum absolute atomic E-state index is 0.381. The highest BCUT2D eigenvalue weighted by molar-refractivity contribution is 5.99. The van der Waals surface area contributed by atoms with Crippen molar-refractivity contribution < 1.29 is 18.8 Å². The monoisotopic (exact) mass is 289 g/mol. The molecule has 0 N–H and O–H groups in total. The van der Waals surface area contributed by atoms with Crippen molar-refractivity contribution in [2.45, 2.75) is 13.0 Å². The summed E-state index contributed by atoms with van der Waals surface area (Å²) in [6.07, 6.45) is -1.04. The van der Waals surface area contributed by atoms with E-state index in [-0.39, 0.29) is 5.78 Å². The van der Waals surface area contributed by atoms with Gasteiger partial charge in [0.05, 0.1) is 4.92 Å². The van der Waals surface area contributed by atoms with Gasteiger partial charge in [-0.05, 0) is 13.0 Å². The summed E-state index contributed by atoms with van der Waals surface area (Å²) in [6.45, 7) is 1.42. The fourth-order valence-electron chi connectivity index (χ4n) is 1.83. The lowest BCUT2D eigenvalue weighted by Gasteiger charge is -2.14. The third kappa shape index (κ3) is 3.22. The van der Waals surface area contributed by atoms with Gasteiger partial charge in [0.2, 0.25) is 11.5 Å². The minimum atomic E-state index is -1.04.